The lowest BCUT2D eigenvalue weighted by Crippen LogP contribution is -2.22. The lowest BCUT2D eigenvalue weighted by atomic mass is 9.74. The smallest absolute Gasteiger partial charge is 0.0474 e. The molecule has 0 fully saturated rings. The largest absolute Gasteiger partial charge is 0.314 e. The Morgan fingerprint density at radius 1 is 0.420 bits per heavy atom. The van der Waals surface area contributed by atoms with Gasteiger partial charge in [0.2, 0.25) is 0 Å². The van der Waals surface area contributed by atoms with Crippen LogP contribution in [0, 0.1) is 5.41 Å². The van der Waals surface area contributed by atoms with Crippen molar-refractivity contribution in [1.82, 2.24) is 0 Å². The van der Waals surface area contributed by atoms with Crippen LogP contribution in [0.5, 0.6) is 0 Å². The molecule has 0 unspecified atom stereocenters. The summed E-state index contributed by atoms with van der Waals surface area (Å²) >= 11 is 0. The molecule has 2 heteroatoms. The molecule has 2 nitrogen and oxygen atoms in total. The number of allylic oxidation sites excluding steroid dienone is 4. The van der Waals surface area contributed by atoms with Crippen molar-refractivity contribution < 1.29 is 0 Å². The monoisotopic (exact) mass is 911 g/mol. The van der Waals surface area contributed by atoms with Crippen molar-refractivity contribution in [1.29, 1.82) is 0 Å². The molecule has 0 heterocycles. The molecule has 69 heavy (non-hydrogen) atoms. The highest BCUT2D eigenvalue weighted by molar-refractivity contribution is 6.09. The number of aryl methyl sites for hydroxylation is 1. The maximum atomic E-state index is 2.57. The molecule has 0 saturated carbocycles. The first-order chi connectivity index (χ1) is 33.3. The summed E-state index contributed by atoms with van der Waals surface area (Å²) < 4.78 is 0. The summed E-state index contributed by atoms with van der Waals surface area (Å²) in [5, 5.41) is 2.46. The van der Waals surface area contributed by atoms with Crippen LogP contribution in [0.2, 0.25) is 0 Å². The van der Waals surface area contributed by atoms with Crippen molar-refractivity contribution in [2.45, 2.75) is 144 Å². The number of hydrogen-bond donors (Lipinski definition) is 0. The predicted octanol–water partition coefficient (Wildman–Crippen LogP) is 20.3. The van der Waals surface area contributed by atoms with Crippen molar-refractivity contribution in [3.63, 3.8) is 0 Å². The average Bonchev–Trinajstić information content (AvgIpc) is 3.39. The first-order valence-electron chi connectivity index (χ1n) is 26.4. The molecule has 356 valence electrons. The van der Waals surface area contributed by atoms with Gasteiger partial charge in [-0.05, 0) is 184 Å². The van der Waals surface area contributed by atoms with E-state index in [4.69, 9.17) is 0 Å². The quantitative estimate of drug-likeness (QED) is 0.0792. The van der Waals surface area contributed by atoms with Crippen LogP contribution >= 0.6 is 0 Å². The molecule has 0 N–H and O–H groups in total. The fourth-order valence-electron chi connectivity index (χ4n) is 10.5. The number of benzene rings is 7. The Hall–Kier alpha value is -6.12. The highest BCUT2D eigenvalue weighted by Gasteiger charge is 2.29. The normalized spacial score (nSPS) is 13.3. The van der Waals surface area contributed by atoms with Gasteiger partial charge in [-0.2, -0.15) is 0 Å². The third-order valence-corrected chi connectivity index (χ3v) is 16.1. The first kappa shape index (κ1) is 49.3. The fourth-order valence-corrected chi connectivity index (χ4v) is 10.5. The maximum absolute atomic E-state index is 2.57. The second-order valence-electron chi connectivity index (χ2n) is 21.3. The molecule has 7 aromatic rings. The minimum Gasteiger partial charge on any atom is -0.314 e. The van der Waals surface area contributed by atoms with E-state index in [-0.39, 0.29) is 16.2 Å². The first-order valence-corrected chi connectivity index (χ1v) is 26.4. The van der Waals surface area contributed by atoms with E-state index in [1.165, 1.54) is 86.1 Å². The van der Waals surface area contributed by atoms with Crippen LogP contribution in [0.4, 0.5) is 28.4 Å². The fraction of sp³-hybridized carbons (Fsp3) is 0.343. The van der Waals surface area contributed by atoms with Gasteiger partial charge in [-0.25, -0.2) is 0 Å². The number of nitrogens with zero attached hydrogens (tertiary/aromatic N) is 2. The van der Waals surface area contributed by atoms with E-state index in [9.17, 15) is 0 Å². The van der Waals surface area contributed by atoms with Crippen molar-refractivity contribution in [3.8, 4) is 22.3 Å². The van der Waals surface area contributed by atoms with Gasteiger partial charge in [0.05, 0.1) is 0 Å². The van der Waals surface area contributed by atoms with Crippen molar-refractivity contribution in [2.24, 2.45) is 5.41 Å². The Morgan fingerprint density at radius 3 is 1.33 bits per heavy atom. The average molecular weight is 911 g/mol. The maximum Gasteiger partial charge on any atom is 0.0474 e. The third-order valence-electron chi connectivity index (χ3n) is 16.1. The van der Waals surface area contributed by atoms with Gasteiger partial charge in [0, 0.05) is 34.1 Å². The zero-order valence-electron chi connectivity index (χ0n) is 43.6. The zero-order valence-corrected chi connectivity index (χ0v) is 43.6. The third kappa shape index (κ3) is 10.6. The Labute approximate surface area is 416 Å². The van der Waals surface area contributed by atoms with Crippen LogP contribution in [-0.2, 0) is 17.3 Å². The molecule has 7 aromatic carbocycles. The number of unbranched alkanes of at least 4 members (excludes halogenated alkanes) is 2. The predicted molar refractivity (Wildman–Crippen MR) is 302 cm³/mol. The van der Waals surface area contributed by atoms with E-state index >= 15 is 0 Å². The number of fused-ring (bicyclic) bond motifs is 1. The van der Waals surface area contributed by atoms with Gasteiger partial charge in [0.15, 0.2) is 0 Å². The SMILES string of the molecule is CCCCCc1ccc(N(C2=CC=C(C(C)(CC)CC)CC2)c2cc(-c3ccccc3)c3cc(N(c4ccc(C(C)(C)C)cc4)c4ccc(C(C)(CC)CC)cc4)cc(-c4ccccc4)c3c2)cc1. The van der Waals surface area contributed by atoms with Crippen LogP contribution in [0.3, 0.4) is 0 Å². The molecule has 0 saturated heterocycles. The second-order valence-corrected chi connectivity index (χ2v) is 21.3. The molecule has 0 radical (unpaired) electrons. The molecular weight excluding hydrogens is 833 g/mol. The number of rotatable bonds is 18. The Bertz CT molecular complexity index is 2850. The van der Waals surface area contributed by atoms with E-state index in [1.807, 2.05) is 0 Å². The Balaban J connectivity index is 1.40. The van der Waals surface area contributed by atoms with Crippen LogP contribution in [0.15, 0.2) is 181 Å². The number of anilines is 5. The van der Waals surface area contributed by atoms with Crippen molar-refractivity contribution in [2.75, 3.05) is 9.80 Å². The van der Waals surface area contributed by atoms with Gasteiger partial charge in [-0.3, -0.25) is 0 Å². The molecule has 0 bridgehead atoms. The zero-order chi connectivity index (χ0) is 48.8. The summed E-state index contributed by atoms with van der Waals surface area (Å²) in [6.45, 7) is 23.3. The summed E-state index contributed by atoms with van der Waals surface area (Å²) in [5.74, 6) is 0. The highest BCUT2D eigenvalue weighted by Crippen LogP contribution is 2.48. The highest BCUT2D eigenvalue weighted by atomic mass is 15.2. The van der Waals surface area contributed by atoms with Gasteiger partial charge >= 0.3 is 0 Å². The van der Waals surface area contributed by atoms with Gasteiger partial charge in [0.1, 0.15) is 0 Å². The van der Waals surface area contributed by atoms with Crippen LogP contribution in [0.1, 0.15) is 144 Å². The lowest BCUT2D eigenvalue weighted by molar-refractivity contribution is 0.354. The van der Waals surface area contributed by atoms with Crippen LogP contribution < -0.4 is 9.80 Å². The standard InChI is InChI=1S/C67H78N2/c1-11-16-19-24-49-29-37-55(38-30-49)68(57-41-33-53(34-42-57)66(9,12-2)13-3)59-45-61(50-25-20-17-21-26-50)64-48-60(46-62(63(64)47-59)51-27-22-18-23-28-51)69(56-39-31-52(32-40-56)65(6,7)8)58-43-35-54(36-44-58)67(10,14-4)15-5/h17-18,20-23,25-33,35-41,43-48H,11-16,19,24,34,42H2,1-10H3. The van der Waals surface area contributed by atoms with E-state index in [1.54, 1.807) is 5.57 Å². The Morgan fingerprint density at radius 2 is 0.884 bits per heavy atom. The summed E-state index contributed by atoms with van der Waals surface area (Å²) in [7, 11) is 0. The second kappa shape index (κ2) is 21.3. The molecule has 8 rings (SSSR count). The topological polar surface area (TPSA) is 6.48 Å². The molecular formula is C67H78N2. The molecule has 0 atom stereocenters. The molecule has 0 aromatic heterocycles. The van der Waals surface area contributed by atoms with Crippen molar-refractivity contribution >= 4 is 39.2 Å². The summed E-state index contributed by atoms with van der Waals surface area (Å²) in [5.41, 5.74) is 18.1. The van der Waals surface area contributed by atoms with Gasteiger partial charge < -0.3 is 9.80 Å². The minimum atomic E-state index is 0.0455. The Kier molecular flexibility index (Phi) is 15.2. The number of hydrogen-bond acceptors (Lipinski definition) is 2. The molecule has 1 aliphatic rings. The molecule has 0 amide bonds. The van der Waals surface area contributed by atoms with E-state index in [0.717, 1.165) is 62.0 Å². The molecule has 0 spiro atoms. The summed E-state index contributed by atoms with van der Waals surface area (Å²) in [4.78, 5) is 5.05. The van der Waals surface area contributed by atoms with E-state index < -0.39 is 0 Å². The minimum absolute atomic E-state index is 0.0455. The molecule has 0 aliphatic heterocycles. The van der Waals surface area contributed by atoms with Gasteiger partial charge in [-0.1, -0.05) is 191 Å². The molecule has 1 aliphatic carbocycles. The van der Waals surface area contributed by atoms with E-state index in [2.05, 4.69) is 249 Å². The summed E-state index contributed by atoms with van der Waals surface area (Å²) in [6.07, 6.45) is 16.3. The summed E-state index contributed by atoms with van der Waals surface area (Å²) in [6, 6.07) is 60.2. The van der Waals surface area contributed by atoms with Crippen molar-refractivity contribution in [3.05, 3.63) is 198 Å². The van der Waals surface area contributed by atoms with E-state index in [0.29, 0.717) is 0 Å². The van der Waals surface area contributed by atoms with Gasteiger partial charge in [-0.15, -0.1) is 0 Å². The van der Waals surface area contributed by atoms with Crippen LogP contribution in [-0.4, -0.2) is 0 Å². The van der Waals surface area contributed by atoms with Crippen LogP contribution in [0.25, 0.3) is 33.0 Å². The van der Waals surface area contributed by atoms with Gasteiger partial charge in [0.25, 0.3) is 0 Å². The lowest BCUT2D eigenvalue weighted by Gasteiger charge is -2.35.